The molecular formula is C26H22F3N3O4. The Hall–Kier alpha value is -3.66. The zero-order valence-corrected chi connectivity index (χ0v) is 19.1. The molecule has 4 heterocycles. The summed E-state index contributed by atoms with van der Waals surface area (Å²) in [6.45, 7) is 0.698. The number of carbonyl (C=O) groups excluding carboxylic acids is 2. The van der Waals surface area contributed by atoms with E-state index in [1.54, 1.807) is 11.2 Å². The van der Waals surface area contributed by atoms with Crippen molar-refractivity contribution in [3.63, 3.8) is 0 Å². The second kappa shape index (κ2) is 8.19. The van der Waals surface area contributed by atoms with Crippen LogP contribution >= 0.6 is 0 Å². The van der Waals surface area contributed by atoms with Gasteiger partial charge in [0.1, 0.15) is 11.4 Å². The van der Waals surface area contributed by atoms with Crippen molar-refractivity contribution in [2.24, 2.45) is 10.9 Å². The SMILES string of the molecule is O=C(N1CC(CN2C(=O)C3(CCOC3)N=C2c2ccc(-c3ccc4occc4c3)cc2)C1)C(F)(F)F. The lowest BCUT2D eigenvalue weighted by atomic mass is 9.96. The van der Waals surface area contributed by atoms with Crippen molar-refractivity contribution in [2.75, 3.05) is 32.8 Å². The van der Waals surface area contributed by atoms with Gasteiger partial charge in [0.05, 0.1) is 12.9 Å². The number of alkyl halides is 3. The Bertz CT molecular complexity index is 1370. The van der Waals surface area contributed by atoms with Gasteiger partial charge in [-0.1, -0.05) is 30.3 Å². The highest BCUT2D eigenvalue weighted by Crippen LogP contribution is 2.35. The molecule has 3 aliphatic heterocycles. The Balaban J connectivity index is 1.24. The molecule has 0 N–H and O–H groups in total. The van der Waals surface area contributed by atoms with Gasteiger partial charge in [0.2, 0.25) is 0 Å². The number of carbonyl (C=O) groups is 2. The summed E-state index contributed by atoms with van der Waals surface area (Å²) in [6.07, 6.45) is -2.79. The van der Waals surface area contributed by atoms with Crippen molar-refractivity contribution in [1.29, 1.82) is 0 Å². The van der Waals surface area contributed by atoms with Crippen LogP contribution < -0.4 is 0 Å². The smallest absolute Gasteiger partial charge is 0.464 e. The van der Waals surface area contributed by atoms with E-state index in [1.807, 2.05) is 48.5 Å². The van der Waals surface area contributed by atoms with Gasteiger partial charge in [-0.3, -0.25) is 14.5 Å². The fraction of sp³-hybridized carbons (Fsp3) is 0.346. The first-order valence-corrected chi connectivity index (χ1v) is 11.7. The maximum absolute atomic E-state index is 13.4. The van der Waals surface area contributed by atoms with E-state index in [-0.39, 0.29) is 38.1 Å². The number of amidine groups is 1. The topological polar surface area (TPSA) is 75.4 Å². The predicted octanol–water partition coefficient (Wildman–Crippen LogP) is 3.87. The van der Waals surface area contributed by atoms with Gasteiger partial charge in [-0.25, -0.2) is 4.99 Å². The lowest BCUT2D eigenvalue weighted by molar-refractivity contribution is -0.191. The number of hydrogen-bond acceptors (Lipinski definition) is 5. The van der Waals surface area contributed by atoms with Crippen molar-refractivity contribution in [2.45, 2.75) is 18.1 Å². The monoisotopic (exact) mass is 497 g/mol. The molecule has 1 aromatic heterocycles. The normalized spacial score (nSPS) is 22.5. The van der Waals surface area contributed by atoms with Crippen LogP contribution in [0.2, 0.25) is 0 Å². The number of halogens is 3. The average Bonchev–Trinajstić information content (AvgIpc) is 3.56. The number of furan rings is 1. The quantitative estimate of drug-likeness (QED) is 0.549. The lowest BCUT2D eigenvalue weighted by Gasteiger charge is -2.41. The number of aliphatic imine (C=N–C) groups is 1. The standard InChI is InChI=1S/C26H22F3N3O4/c27-26(28,29)24(34)31-12-16(13-31)14-32-22(30-25(23(32)33)8-10-35-15-25)18-3-1-17(2-4-18)19-5-6-21-20(11-19)7-9-36-21/h1-7,9,11,16H,8,10,12-15H2. The van der Waals surface area contributed by atoms with E-state index in [9.17, 15) is 22.8 Å². The van der Waals surface area contributed by atoms with E-state index in [2.05, 4.69) is 0 Å². The highest BCUT2D eigenvalue weighted by molar-refractivity contribution is 6.15. The van der Waals surface area contributed by atoms with Crippen LogP contribution in [0.15, 0.2) is 64.2 Å². The molecule has 1 atom stereocenters. The van der Waals surface area contributed by atoms with Crippen molar-refractivity contribution >= 4 is 28.6 Å². The van der Waals surface area contributed by atoms with Gasteiger partial charge >= 0.3 is 12.1 Å². The van der Waals surface area contributed by atoms with Crippen LogP contribution in [0, 0.1) is 5.92 Å². The number of rotatable bonds is 4. The predicted molar refractivity (Wildman–Crippen MR) is 124 cm³/mol. The summed E-state index contributed by atoms with van der Waals surface area (Å²) in [5, 5.41) is 0.996. The summed E-state index contributed by atoms with van der Waals surface area (Å²) >= 11 is 0. The van der Waals surface area contributed by atoms with Gasteiger partial charge in [0, 0.05) is 49.5 Å². The lowest BCUT2D eigenvalue weighted by Crippen LogP contribution is -2.58. The molecule has 10 heteroatoms. The molecular weight excluding hydrogens is 475 g/mol. The molecule has 1 unspecified atom stereocenters. The minimum absolute atomic E-state index is 0.0473. The van der Waals surface area contributed by atoms with Crippen molar-refractivity contribution in [3.8, 4) is 11.1 Å². The maximum atomic E-state index is 13.4. The third kappa shape index (κ3) is 3.76. The summed E-state index contributed by atoms with van der Waals surface area (Å²) < 4.78 is 49.0. The Labute approximate surface area is 204 Å². The van der Waals surface area contributed by atoms with E-state index in [4.69, 9.17) is 14.1 Å². The van der Waals surface area contributed by atoms with Crippen LogP contribution in [0.3, 0.4) is 0 Å². The molecule has 6 rings (SSSR count). The molecule has 0 saturated carbocycles. The average molecular weight is 497 g/mol. The summed E-state index contributed by atoms with van der Waals surface area (Å²) in [5.41, 5.74) is 2.55. The zero-order chi connectivity index (χ0) is 25.1. The van der Waals surface area contributed by atoms with Crippen LogP contribution in [0.5, 0.6) is 0 Å². The Morgan fingerprint density at radius 1 is 1.06 bits per heavy atom. The van der Waals surface area contributed by atoms with Gasteiger partial charge < -0.3 is 14.1 Å². The first-order valence-electron chi connectivity index (χ1n) is 11.7. The third-order valence-electron chi connectivity index (χ3n) is 7.08. The number of amides is 2. The summed E-state index contributed by atoms with van der Waals surface area (Å²) in [6, 6.07) is 15.5. The zero-order valence-electron chi connectivity index (χ0n) is 19.1. The fourth-order valence-corrected chi connectivity index (χ4v) is 5.11. The number of benzene rings is 2. The van der Waals surface area contributed by atoms with Gasteiger partial charge in [0.25, 0.3) is 5.91 Å². The van der Waals surface area contributed by atoms with Crippen LogP contribution in [0.4, 0.5) is 13.2 Å². The molecule has 1 spiro atoms. The largest absolute Gasteiger partial charge is 0.471 e. The molecule has 0 aliphatic carbocycles. The number of ether oxygens (including phenoxy) is 1. The first-order chi connectivity index (χ1) is 17.2. The first kappa shape index (κ1) is 22.8. The van der Waals surface area contributed by atoms with Crippen LogP contribution in [0.25, 0.3) is 22.1 Å². The molecule has 3 aliphatic rings. The molecule has 7 nitrogen and oxygen atoms in total. The highest BCUT2D eigenvalue weighted by Gasteiger charge is 2.53. The van der Waals surface area contributed by atoms with Gasteiger partial charge in [-0.15, -0.1) is 0 Å². The van der Waals surface area contributed by atoms with Crippen LogP contribution in [0.1, 0.15) is 12.0 Å². The van der Waals surface area contributed by atoms with Crippen molar-refractivity contribution in [3.05, 3.63) is 60.4 Å². The number of nitrogens with zero attached hydrogens (tertiary/aromatic N) is 3. The second-order valence-electron chi connectivity index (χ2n) is 9.51. The van der Waals surface area contributed by atoms with Gasteiger partial charge in [-0.2, -0.15) is 13.2 Å². The van der Waals surface area contributed by atoms with E-state index < -0.39 is 17.6 Å². The molecule has 186 valence electrons. The maximum Gasteiger partial charge on any atom is 0.471 e. The fourth-order valence-electron chi connectivity index (χ4n) is 5.11. The number of hydrogen-bond donors (Lipinski definition) is 0. The molecule has 0 bridgehead atoms. The van der Waals surface area contributed by atoms with Gasteiger partial charge in [0.15, 0.2) is 5.54 Å². The minimum atomic E-state index is -4.89. The van der Waals surface area contributed by atoms with E-state index in [0.717, 1.165) is 32.6 Å². The Morgan fingerprint density at radius 3 is 2.47 bits per heavy atom. The second-order valence-corrected chi connectivity index (χ2v) is 9.51. The molecule has 0 radical (unpaired) electrons. The Kier molecular flexibility index (Phi) is 5.18. The Morgan fingerprint density at radius 2 is 1.78 bits per heavy atom. The van der Waals surface area contributed by atoms with Crippen molar-refractivity contribution < 1.29 is 31.9 Å². The molecule has 2 saturated heterocycles. The molecule has 2 amide bonds. The van der Waals surface area contributed by atoms with E-state index >= 15 is 0 Å². The summed E-state index contributed by atoms with van der Waals surface area (Å²) in [5.74, 6) is -1.82. The number of fused-ring (bicyclic) bond motifs is 1. The minimum Gasteiger partial charge on any atom is -0.464 e. The van der Waals surface area contributed by atoms with Crippen molar-refractivity contribution in [1.82, 2.24) is 9.80 Å². The summed E-state index contributed by atoms with van der Waals surface area (Å²) in [7, 11) is 0. The van der Waals surface area contributed by atoms with E-state index in [0.29, 0.717) is 18.9 Å². The molecule has 2 aromatic carbocycles. The third-order valence-corrected chi connectivity index (χ3v) is 7.08. The number of likely N-dealkylation sites (tertiary alicyclic amines) is 1. The van der Waals surface area contributed by atoms with E-state index in [1.165, 1.54) is 0 Å². The molecule has 36 heavy (non-hydrogen) atoms. The molecule has 2 fully saturated rings. The molecule has 3 aromatic rings. The highest BCUT2D eigenvalue weighted by atomic mass is 19.4. The van der Waals surface area contributed by atoms with Crippen LogP contribution in [-0.2, 0) is 14.3 Å². The summed E-state index contributed by atoms with van der Waals surface area (Å²) in [4.78, 5) is 32.0. The van der Waals surface area contributed by atoms with Crippen LogP contribution in [-0.4, -0.2) is 72.0 Å². The van der Waals surface area contributed by atoms with Gasteiger partial charge in [-0.05, 0) is 29.3 Å².